The van der Waals surface area contributed by atoms with Crippen LogP contribution in [0.15, 0.2) is 48.5 Å². The van der Waals surface area contributed by atoms with Crippen LogP contribution in [0, 0.1) is 13.8 Å². The Morgan fingerprint density at radius 3 is 2.40 bits per heavy atom. The maximum atomic E-state index is 12.2. The summed E-state index contributed by atoms with van der Waals surface area (Å²) in [6.07, 6.45) is 0. The molecule has 3 rings (SSSR count). The van der Waals surface area contributed by atoms with Crippen LogP contribution in [0.25, 0.3) is 11.3 Å². The molecular weight excluding hydrogens is 418 g/mol. The molecular formula is C22H23N3O3S2. The van der Waals surface area contributed by atoms with Gasteiger partial charge in [-0.25, -0.2) is 4.98 Å². The van der Waals surface area contributed by atoms with Gasteiger partial charge in [0.15, 0.2) is 5.13 Å². The first-order chi connectivity index (χ1) is 14.4. The van der Waals surface area contributed by atoms with E-state index in [9.17, 15) is 9.59 Å². The number of rotatable bonds is 8. The summed E-state index contributed by atoms with van der Waals surface area (Å²) in [5, 5.41) is 6.20. The van der Waals surface area contributed by atoms with E-state index >= 15 is 0 Å². The summed E-state index contributed by atoms with van der Waals surface area (Å²) in [4.78, 5) is 29.8. The van der Waals surface area contributed by atoms with Gasteiger partial charge in [-0.15, -0.1) is 23.1 Å². The molecule has 1 heterocycles. The molecule has 0 radical (unpaired) electrons. The lowest BCUT2D eigenvalue weighted by Gasteiger charge is -2.06. The predicted molar refractivity (Wildman–Crippen MR) is 125 cm³/mol. The van der Waals surface area contributed by atoms with E-state index in [2.05, 4.69) is 15.6 Å². The number of carbonyl (C=O) groups is 2. The van der Waals surface area contributed by atoms with Gasteiger partial charge in [0.2, 0.25) is 11.8 Å². The van der Waals surface area contributed by atoms with E-state index in [0.29, 0.717) is 5.13 Å². The molecule has 156 valence electrons. The molecule has 0 aliphatic heterocycles. The van der Waals surface area contributed by atoms with Gasteiger partial charge in [-0.2, -0.15) is 0 Å². The van der Waals surface area contributed by atoms with E-state index in [1.165, 1.54) is 23.1 Å². The zero-order chi connectivity index (χ0) is 21.5. The van der Waals surface area contributed by atoms with Crippen molar-refractivity contribution in [3.8, 4) is 17.0 Å². The van der Waals surface area contributed by atoms with Gasteiger partial charge in [0.1, 0.15) is 5.75 Å². The van der Waals surface area contributed by atoms with Crippen LogP contribution >= 0.6 is 23.1 Å². The maximum Gasteiger partial charge on any atom is 0.236 e. The number of anilines is 2. The Labute approximate surface area is 184 Å². The monoisotopic (exact) mass is 441 g/mol. The molecule has 2 aromatic carbocycles. The zero-order valence-electron chi connectivity index (χ0n) is 17.0. The number of hydrogen-bond donors (Lipinski definition) is 2. The maximum absolute atomic E-state index is 12.2. The number of hydrogen-bond acceptors (Lipinski definition) is 6. The van der Waals surface area contributed by atoms with Crippen LogP contribution in [-0.4, -0.2) is 35.4 Å². The third kappa shape index (κ3) is 6.08. The molecule has 6 nitrogen and oxygen atoms in total. The molecule has 8 heteroatoms. The molecule has 30 heavy (non-hydrogen) atoms. The summed E-state index contributed by atoms with van der Waals surface area (Å²) in [6.45, 7) is 3.94. The number of aryl methyl sites for hydroxylation is 2. The number of ether oxygens (including phenoxy) is 1. The standard InChI is InChI=1S/C22H23N3O3S2/c1-14-5-4-6-17(11-14)23-19(26)12-29-13-20(27)24-22-25-21(15(2)30-22)16-7-9-18(28-3)10-8-16/h4-11H,12-13H2,1-3H3,(H,23,26)(H,24,25,27). The number of benzene rings is 2. The molecule has 0 fully saturated rings. The quantitative estimate of drug-likeness (QED) is 0.527. The van der Waals surface area contributed by atoms with Gasteiger partial charge in [0.25, 0.3) is 0 Å². The fourth-order valence-corrected chi connectivity index (χ4v) is 4.25. The molecule has 0 saturated carbocycles. The van der Waals surface area contributed by atoms with Gasteiger partial charge >= 0.3 is 0 Å². The van der Waals surface area contributed by atoms with Crippen molar-refractivity contribution in [3.63, 3.8) is 0 Å². The number of nitrogens with zero attached hydrogens (tertiary/aromatic N) is 1. The van der Waals surface area contributed by atoms with Crippen molar-refractivity contribution in [2.24, 2.45) is 0 Å². The number of amides is 2. The molecule has 1 aromatic heterocycles. The molecule has 2 N–H and O–H groups in total. The van der Waals surface area contributed by atoms with Gasteiger partial charge in [-0.1, -0.05) is 12.1 Å². The van der Waals surface area contributed by atoms with Crippen molar-refractivity contribution in [2.75, 3.05) is 29.2 Å². The fourth-order valence-electron chi connectivity index (χ4n) is 2.78. The van der Waals surface area contributed by atoms with E-state index in [4.69, 9.17) is 4.74 Å². The Morgan fingerprint density at radius 2 is 1.73 bits per heavy atom. The Hall–Kier alpha value is -2.84. The van der Waals surface area contributed by atoms with E-state index < -0.39 is 0 Å². The minimum absolute atomic E-state index is 0.134. The van der Waals surface area contributed by atoms with E-state index in [1.54, 1.807) is 7.11 Å². The van der Waals surface area contributed by atoms with Gasteiger partial charge < -0.3 is 15.4 Å². The lowest BCUT2D eigenvalue weighted by atomic mass is 10.1. The predicted octanol–water partition coefficient (Wildman–Crippen LogP) is 4.75. The van der Waals surface area contributed by atoms with Crippen LogP contribution < -0.4 is 15.4 Å². The van der Waals surface area contributed by atoms with Gasteiger partial charge in [-0.05, 0) is 55.8 Å². The highest BCUT2D eigenvalue weighted by Gasteiger charge is 2.13. The van der Waals surface area contributed by atoms with Crippen molar-refractivity contribution in [2.45, 2.75) is 13.8 Å². The molecule has 0 bridgehead atoms. The first-order valence-corrected chi connectivity index (χ1v) is 11.3. The number of carbonyl (C=O) groups excluding carboxylic acids is 2. The smallest absolute Gasteiger partial charge is 0.236 e. The molecule has 3 aromatic rings. The second kappa shape index (κ2) is 10.3. The summed E-state index contributed by atoms with van der Waals surface area (Å²) < 4.78 is 5.18. The molecule has 2 amide bonds. The van der Waals surface area contributed by atoms with Crippen LogP contribution in [0.4, 0.5) is 10.8 Å². The highest BCUT2D eigenvalue weighted by molar-refractivity contribution is 8.00. The summed E-state index contributed by atoms with van der Waals surface area (Å²) >= 11 is 2.69. The highest BCUT2D eigenvalue weighted by atomic mass is 32.2. The lowest BCUT2D eigenvalue weighted by molar-refractivity contribution is -0.114. The van der Waals surface area contributed by atoms with E-state index in [-0.39, 0.29) is 23.3 Å². The minimum atomic E-state index is -0.182. The third-order valence-electron chi connectivity index (χ3n) is 4.17. The molecule has 0 aliphatic carbocycles. The minimum Gasteiger partial charge on any atom is -0.497 e. The van der Waals surface area contributed by atoms with Crippen LogP contribution in [0.2, 0.25) is 0 Å². The first-order valence-electron chi connectivity index (χ1n) is 9.30. The van der Waals surface area contributed by atoms with Crippen molar-refractivity contribution in [1.82, 2.24) is 4.98 Å². The van der Waals surface area contributed by atoms with Crippen LogP contribution in [0.5, 0.6) is 5.75 Å². The SMILES string of the molecule is COc1ccc(-c2nc(NC(=O)CSCC(=O)Nc3cccc(C)c3)sc2C)cc1. The topological polar surface area (TPSA) is 80.3 Å². The molecule has 0 saturated heterocycles. The van der Waals surface area contributed by atoms with Crippen molar-refractivity contribution in [3.05, 3.63) is 59.0 Å². The Kier molecular flexibility index (Phi) is 7.48. The molecule has 0 spiro atoms. The summed E-state index contributed by atoms with van der Waals surface area (Å²) in [7, 11) is 1.63. The molecule has 0 atom stereocenters. The van der Waals surface area contributed by atoms with Crippen LogP contribution in [0.1, 0.15) is 10.4 Å². The Morgan fingerprint density at radius 1 is 1.03 bits per heavy atom. The summed E-state index contributed by atoms with van der Waals surface area (Å²) in [5.41, 5.74) is 3.64. The lowest BCUT2D eigenvalue weighted by Crippen LogP contribution is -2.18. The van der Waals surface area contributed by atoms with Gasteiger partial charge in [0.05, 0.1) is 24.3 Å². The van der Waals surface area contributed by atoms with Gasteiger partial charge in [0, 0.05) is 16.1 Å². The molecule has 0 unspecified atom stereocenters. The van der Waals surface area contributed by atoms with Crippen LogP contribution in [0.3, 0.4) is 0 Å². The molecule has 0 aliphatic rings. The average Bonchev–Trinajstić information content (AvgIpc) is 3.08. The number of thioether (sulfide) groups is 1. The van der Waals surface area contributed by atoms with Crippen molar-refractivity contribution < 1.29 is 14.3 Å². The number of thiazole rings is 1. The van der Waals surface area contributed by atoms with Crippen molar-refractivity contribution >= 4 is 45.7 Å². The van der Waals surface area contributed by atoms with Crippen molar-refractivity contribution in [1.29, 1.82) is 0 Å². The number of aromatic nitrogens is 1. The van der Waals surface area contributed by atoms with Crippen LogP contribution in [-0.2, 0) is 9.59 Å². The Bertz CT molecular complexity index is 1030. The highest BCUT2D eigenvalue weighted by Crippen LogP contribution is 2.31. The number of methoxy groups -OCH3 is 1. The average molecular weight is 442 g/mol. The second-order valence-electron chi connectivity index (χ2n) is 6.61. The van der Waals surface area contributed by atoms with Gasteiger partial charge in [-0.3, -0.25) is 9.59 Å². The second-order valence-corrected chi connectivity index (χ2v) is 8.80. The number of nitrogens with one attached hydrogen (secondary N) is 2. The largest absolute Gasteiger partial charge is 0.497 e. The summed E-state index contributed by atoms with van der Waals surface area (Å²) in [5.74, 6) is 0.847. The normalized spacial score (nSPS) is 10.5. The van der Waals surface area contributed by atoms with E-state index in [1.807, 2.05) is 62.4 Å². The Balaban J connectivity index is 1.48. The third-order valence-corrected chi connectivity index (χ3v) is 5.99. The van der Waals surface area contributed by atoms with E-state index in [0.717, 1.165) is 33.1 Å². The summed E-state index contributed by atoms with van der Waals surface area (Å²) in [6, 6.07) is 15.2. The first kappa shape index (κ1) is 21.9. The fraction of sp³-hybridized carbons (Fsp3) is 0.227. The zero-order valence-corrected chi connectivity index (χ0v) is 18.7.